The monoisotopic (exact) mass is 487 g/mol. The molecule has 0 saturated carbocycles. The van der Waals surface area contributed by atoms with Gasteiger partial charge in [0.05, 0.1) is 12.0 Å². The summed E-state index contributed by atoms with van der Waals surface area (Å²) in [7, 11) is 0. The first-order valence-corrected chi connectivity index (χ1v) is 11.1. The Kier molecular flexibility index (Phi) is 6.51. The fourth-order valence-electron chi connectivity index (χ4n) is 3.89. The molecule has 0 heterocycles. The molecule has 152 valence electrons. The van der Waals surface area contributed by atoms with Crippen LogP contribution in [0, 0.1) is 11.3 Å². The van der Waals surface area contributed by atoms with E-state index in [0.717, 1.165) is 26.4 Å². The first-order chi connectivity index (χ1) is 15.0. The average Bonchev–Trinajstić information content (AvgIpc) is 2.80. The molecule has 0 aliphatic rings. The van der Waals surface area contributed by atoms with Crippen molar-refractivity contribution in [2.75, 3.05) is 0 Å². The molecule has 0 aromatic heterocycles. The standard InChI is InChI=1S/C27H19BrClNO/c28-23-11-7-19(8-12-23)25(26(17-30)20-9-13-24(29)14-10-20)16-27(31)22-6-5-18-3-1-2-4-21(18)15-22/h1-15,25-26H,16H2/t25-,26+/m0/s1. The Bertz CT molecular complexity index is 1260. The zero-order valence-corrected chi connectivity index (χ0v) is 19.0. The van der Waals surface area contributed by atoms with Gasteiger partial charge in [-0.2, -0.15) is 5.26 Å². The Labute approximate surface area is 195 Å². The molecule has 0 amide bonds. The molecule has 2 atom stereocenters. The Morgan fingerprint density at radius 2 is 1.52 bits per heavy atom. The van der Waals surface area contributed by atoms with Crippen LogP contribution in [0.15, 0.2) is 95.5 Å². The van der Waals surface area contributed by atoms with Gasteiger partial charge >= 0.3 is 0 Å². The lowest BCUT2D eigenvalue weighted by molar-refractivity contribution is 0.0972. The lowest BCUT2D eigenvalue weighted by Crippen LogP contribution is -2.15. The van der Waals surface area contributed by atoms with Crippen LogP contribution in [0.25, 0.3) is 10.8 Å². The van der Waals surface area contributed by atoms with E-state index in [1.54, 1.807) is 12.1 Å². The number of fused-ring (bicyclic) bond motifs is 1. The summed E-state index contributed by atoms with van der Waals surface area (Å²) in [6.45, 7) is 0. The van der Waals surface area contributed by atoms with Gasteiger partial charge in [-0.15, -0.1) is 0 Å². The Morgan fingerprint density at radius 1 is 0.871 bits per heavy atom. The molecule has 0 fully saturated rings. The van der Waals surface area contributed by atoms with Crippen LogP contribution < -0.4 is 0 Å². The summed E-state index contributed by atoms with van der Waals surface area (Å²) in [4.78, 5) is 13.3. The molecule has 4 heteroatoms. The van der Waals surface area contributed by atoms with Gasteiger partial charge in [0.25, 0.3) is 0 Å². The first-order valence-electron chi connectivity index (χ1n) is 9.97. The van der Waals surface area contributed by atoms with Crippen molar-refractivity contribution in [1.82, 2.24) is 0 Å². The number of nitrogens with zero attached hydrogens (tertiary/aromatic N) is 1. The molecular formula is C27H19BrClNO. The Hall–Kier alpha value is -2.93. The second-order valence-corrected chi connectivity index (χ2v) is 8.86. The van der Waals surface area contributed by atoms with E-state index < -0.39 is 5.92 Å². The van der Waals surface area contributed by atoms with Crippen molar-refractivity contribution in [3.8, 4) is 6.07 Å². The van der Waals surface area contributed by atoms with Crippen molar-refractivity contribution in [3.63, 3.8) is 0 Å². The quantitative estimate of drug-likeness (QED) is 0.259. The second-order valence-electron chi connectivity index (χ2n) is 7.51. The molecule has 31 heavy (non-hydrogen) atoms. The van der Waals surface area contributed by atoms with Crippen molar-refractivity contribution >= 4 is 44.1 Å². The minimum absolute atomic E-state index is 0.0212. The highest BCUT2D eigenvalue weighted by Gasteiger charge is 2.28. The fraction of sp³-hybridized carbons (Fsp3) is 0.111. The van der Waals surface area contributed by atoms with Crippen LogP contribution in [-0.4, -0.2) is 5.78 Å². The number of ketones is 1. The third-order valence-electron chi connectivity index (χ3n) is 5.55. The molecule has 4 aromatic rings. The van der Waals surface area contributed by atoms with E-state index in [2.05, 4.69) is 22.0 Å². The van der Waals surface area contributed by atoms with Crippen LogP contribution >= 0.6 is 27.5 Å². The number of hydrogen-bond donors (Lipinski definition) is 0. The van der Waals surface area contributed by atoms with Crippen molar-refractivity contribution < 1.29 is 4.79 Å². The molecule has 4 aromatic carbocycles. The lowest BCUT2D eigenvalue weighted by Gasteiger charge is -2.23. The molecule has 0 aliphatic heterocycles. The third-order valence-corrected chi connectivity index (χ3v) is 6.33. The van der Waals surface area contributed by atoms with E-state index in [0.29, 0.717) is 10.6 Å². The minimum Gasteiger partial charge on any atom is -0.294 e. The molecular weight excluding hydrogens is 470 g/mol. The van der Waals surface area contributed by atoms with Gasteiger partial charge in [0, 0.05) is 27.4 Å². The molecule has 0 bridgehead atoms. The van der Waals surface area contributed by atoms with Crippen LogP contribution in [0.1, 0.15) is 39.7 Å². The Morgan fingerprint density at radius 3 is 2.19 bits per heavy atom. The van der Waals surface area contributed by atoms with Gasteiger partial charge in [0.2, 0.25) is 0 Å². The van der Waals surface area contributed by atoms with E-state index in [1.165, 1.54) is 0 Å². The van der Waals surface area contributed by atoms with Gasteiger partial charge in [-0.05, 0) is 52.2 Å². The number of hydrogen-bond acceptors (Lipinski definition) is 2. The molecule has 0 N–H and O–H groups in total. The van der Waals surface area contributed by atoms with Crippen molar-refractivity contribution in [2.24, 2.45) is 0 Å². The summed E-state index contributed by atoms with van der Waals surface area (Å²) in [6.07, 6.45) is 0.237. The predicted molar refractivity (Wildman–Crippen MR) is 130 cm³/mol. The third kappa shape index (κ3) is 4.88. The van der Waals surface area contributed by atoms with Crippen molar-refractivity contribution in [3.05, 3.63) is 117 Å². The summed E-state index contributed by atoms with van der Waals surface area (Å²) in [6, 6.07) is 31.3. The maximum atomic E-state index is 13.3. The van der Waals surface area contributed by atoms with Gasteiger partial charge in [-0.1, -0.05) is 88.2 Å². The van der Waals surface area contributed by atoms with Gasteiger partial charge in [-0.25, -0.2) is 0 Å². The number of carbonyl (C=O) groups is 1. The molecule has 0 saturated heterocycles. The highest BCUT2D eigenvalue weighted by Crippen LogP contribution is 2.37. The Balaban J connectivity index is 1.71. The number of benzene rings is 4. The summed E-state index contributed by atoms with van der Waals surface area (Å²) in [5.74, 6) is -0.728. The molecule has 0 spiro atoms. The van der Waals surface area contributed by atoms with E-state index in [4.69, 9.17) is 11.6 Å². The fourth-order valence-corrected chi connectivity index (χ4v) is 4.28. The normalized spacial score (nSPS) is 12.8. The molecule has 2 nitrogen and oxygen atoms in total. The second kappa shape index (κ2) is 9.47. The van der Waals surface area contributed by atoms with Crippen LogP contribution in [-0.2, 0) is 0 Å². The zero-order valence-electron chi connectivity index (χ0n) is 16.6. The van der Waals surface area contributed by atoms with Crippen LogP contribution in [0.5, 0.6) is 0 Å². The average molecular weight is 489 g/mol. The highest BCUT2D eigenvalue weighted by atomic mass is 79.9. The smallest absolute Gasteiger partial charge is 0.163 e. The van der Waals surface area contributed by atoms with Crippen molar-refractivity contribution in [2.45, 2.75) is 18.3 Å². The highest BCUT2D eigenvalue weighted by molar-refractivity contribution is 9.10. The van der Waals surface area contributed by atoms with Gasteiger partial charge < -0.3 is 0 Å². The van der Waals surface area contributed by atoms with Crippen LogP contribution in [0.4, 0.5) is 0 Å². The number of Topliss-reactive ketones (excluding diaryl/α,β-unsaturated/α-hetero) is 1. The number of carbonyl (C=O) groups excluding carboxylic acids is 1. The van der Waals surface area contributed by atoms with Crippen molar-refractivity contribution in [1.29, 1.82) is 5.26 Å². The van der Waals surface area contributed by atoms with E-state index in [9.17, 15) is 10.1 Å². The van der Waals surface area contributed by atoms with Gasteiger partial charge in [0.1, 0.15) is 0 Å². The largest absolute Gasteiger partial charge is 0.294 e. The number of rotatable bonds is 6. The van der Waals surface area contributed by atoms with E-state index >= 15 is 0 Å². The van der Waals surface area contributed by atoms with Gasteiger partial charge in [-0.3, -0.25) is 4.79 Å². The summed E-state index contributed by atoms with van der Waals surface area (Å²) >= 11 is 9.51. The summed E-state index contributed by atoms with van der Waals surface area (Å²) < 4.78 is 0.954. The lowest BCUT2D eigenvalue weighted by atomic mass is 9.78. The minimum atomic E-state index is -0.470. The molecule has 4 rings (SSSR count). The number of halogens is 2. The van der Waals surface area contributed by atoms with Gasteiger partial charge in [0.15, 0.2) is 5.78 Å². The maximum absolute atomic E-state index is 13.3. The summed E-state index contributed by atoms with van der Waals surface area (Å²) in [5, 5.41) is 12.8. The van der Waals surface area contributed by atoms with Crippen LogP contribution in [0.2, 0.25) is 5.02 Å². The topological polar surface area (TPSA) is 40.9 Å². The van der Waals surface area contributed by atoms with E-state index in [-0.39, 0.29) is 18.1 Å². The number of nitriles is 1. The maximum Gasteiger partial charge on any atom is 0.163 e. The predicted octanol–water partition coefficient (Wildman–Crippen LogP) is 7.92. The van der Waals surface area contributed by atoms with E-state index in [1.807, 2.05) is 78.9 Å². The SMILES string of the molecule is N#C[C@H](c1ccc(Cl)cc1)[C@@H](CC(=O)c1ccc2ccccc2c1)c1ccc(Br)cc1. The molecule has 0 radical (unpaired) electrons. The molecule has 0 aliphatic carbocycles. The first kappa shape index (κ1) is 21.3. The summed E-state index contributed by atoms with van der Waals surface area (Å²) in [5.41, 5.74) is 2.47. The molecule has 0 unspecified atom stereocenters. The van der Waals surface area contributed by atoms with Crippen LogP contribution in [0.3, 0.4) is 0 Å². The zero-order chi connectivity index (χ0) is 21.8.